The van der Waals surface area contributed by atoms with Crippen LogP contribution in [0, 0.1) is 0 Å². The second kappa shape index (κ2) is 5.51. The summed E-state index contributed by atoms with van der Waals surface area (Å²) < 4.78 is 5.51. The fraction of sp³-hybridized carbons (Fsp3) is 1.00. The lowest BCUT2D eigenvalue weighted by Crippen LogP contribution is -2.28. The Morgan fingerprint density at radius 3 is 2.58 bits per heavy atom. The van der Waals surface area contributed by atoms with E-state index in [-0.39, 0.29) is 0 Å². The van der Waals surface area contributed by atoms with Gasteiger partial charge in [-0.1, -0.05) is 19.3 Å². The minimum atomic E-state index is -0.480. The van der Waals surface area contributed by atoms with Gasteiger partial charge in [0.2, 0.25) is 0 Å². The van der Waals surface area contributed by atoms with Crippen molar-refractivity contribution in [3.63, 3.8) is 0 Å². The second-order valence-corrected chi connectivity index (χ2v) is 3.48. The van der Waals surface area contributed by atoms with Crippen LogP contribution in [0.4, 0.5) is 0 Å². The molecule has 72 valence electrons. The van der Waals surface area contributed by atoms with Crippen molar-refractivity contribution >= 4 is 0 Å². The molecule has 0 spiro atoms. The van der Waals surface area contributed by atoms with Crippen LogP contribution >= 0.6 is 0 Å². The van der Waals surface area contributed by atoms with E-state index >= 15 is 0 Å². The molecule has 1 atom stereocenters. The average Bonchev–Trinajstić information content (AvgIpc) is 2.16. The zero-order valence-corrected chi connectivity index (χ0v) is 7.54. The summed E-state index contributed by atoms with van der Waals surface area (Å²) in [4.78, 5) is 0. The highest BCUT2D eigenvalue weighted by atomic mass is 16.5. The maximum absolute atomic E-state index is 9.14. The molecule has 0 unspecified atom stereocenters. The normalized spacial score (nSPS) is 22.5. The number of rotatable bonds is 4. The zero-order chi connectivity index (χ0) is 8.81. The minimum absolute atomic E-state index is 0.298. The SMILES string of the molecule is NC[C@H](O)COC1CCCCC1. The molecule has 0 bridgehead atoms. The van der Waals surface area contributed by atoms with Crippen LogP contribution in [0.15, 0.2) is 0 Å². The Balaban J connectivity index is 2.05. The largest absolute Gasteiger partial charge is 0.389 e. The molecule has 1 rings (SSSR count). The smallest absolute Gasteiger partial charge is 0.0895 e. The quantitative estimate of drug-likeness (QED) is 0.656. The van der Waals surface area contributed by atoms with E-state index in [2.05, 4.69) is 0 Å². The van der Waals surface area contributed by atoms with E-state index in [0.717, 1.165) is 12.8 Å². The molecule has 12 heavy (non-hydrogen) atoms. The first-order valence-electron chi connectivity index (χ1n) is 4.82. The molecule has 0 amide bonds. The van der Waals surface area contributed by atoms with E-state index in [0.29, 0.717) is 19.3 Å². The van der Waals surface area contributed by atoms with Crippen LogP contribution in [-0.2, 0) is 4.74 Å². The van der Waals surface area contributed by atoms with Crippen molar-refractivity contribution in [3.8, 4) is 0 Å². The molecule has 3 heteroatoms. The van der Waals surface area contributed by atoms with Gasteiger partial charge in [0.1, 0.15) is 0 Å². The lowest BCUT2D eigenvalue weighted by Gasteiger charge is -2.22. The summed E-state index contributed by atoms with van der Waals surface area (Å²) >= 11 is 0. The molecule has 3 N–H and O–H groups in total. The Morgan fingerprint density at radius 1 is 1.33 bits per heavy atom. The summed E-state index contributed by atoms with van der Waals surface area (Å²) in [6, 6.07) is 0. The topological polar surface area (TPSA) is 55.5 Å². The van der Waals surface area contributed by atoms with Crippen molar-refractivity contribution in [1.29, 1.82) is 0 Å². The minimum Gasteiger partial charge on any atom is -0.389 e. The van der Waals surface area contributed by atoms with Gasteiger partial charge in [-0.05, 0) is 12.8 Å². The average molecular weight is 173 g/mol. The van der Waals surface area contributed by atoms with Gasteiger partial charge < -0.3 is 15.6 Å². The summed E-state index contributed by atoms with van der Waals surface area (Å²) in [5.74, 6) is 0. The Hall–Kier alpha value is -0.120. The van der Waals surface area contributed by atoms with Gasteiger partial charge >= 0.3 is 0 Å². The molecule has 3 nitrogen and oxygen atoms in total. The molecule has 0 radical (unpaired) electrons. The first-order chi connectivity index (χ1) is 5.83. The van der Waals surface area contributed by atoms with Gasteiger partial charge in [0.15, 0.2) is 0 Å². The lowest BCUT2D eigenvalue weighted by atomic mass is 9.98. The van der Waals surface area contributed by atoms with Crippen molar-refractivity contribution in [1.82, 2.24) is 0 Å². The van der Waals surface area contributed by atoms with Gasteiger partial charge in [-0.25, -0.2) is 0 Å². The zero-order valence-electron chi connectivity index (χ0n) is 7.54. The molecular formula is C9H19NO2. The first-order valence-corrected chi connectivity index (χ1v) is 4.82. The fourth-order valence-electron chi connectivity index (χ4n) is 1.55. The highest BCUT2D eigenvalue weighted by Gasteiger charge is 2.14. The summed E-state index contributed by atoms with van der Waals surface area (Å²) in [6.07, 6.45) is 6.06. The third-order valence-corrected chi connectivity index (χ3v) is 2.35. The van der Waals surface area contributed by atoms with Crippen molar-refractivity contribution in [2.45, 2.75) is 44.3 Å². The molecule has 0 aromatic heterocycles. The van der Waals surface area contributed by atoms with Crippen LogP contribution in [0.3, 0.4) is 0 Å². The Kier molecular flexibility index (Phi) is 4.58. The van der Waals surface area contributed by atoms with Crippen LogP contribution in [0.2, 0.25) is 0 Å². The Morgan fingerprint density at radius 2 is 2.00 bits per heavy atom. The summed E-state index contributed by atoms with van der Waals surface area (Å²) in [5.41, 5.74) is 5.26. The van der Waals surface area contributed by atoms with E-state index in [4.69, 9.17) is 15.6 Å². The van der Waals surface area contributed by atoms with E-state index in [1.807, 2.05) is 0 Å². The predicted molar refractivity (Wildman–Crippen MR) is 47.9 cm³/mol. The highest BCUT2D eigenvalue weighted by molar-refractivity contribution is 4.66. The number of aliphatic hydroxyl groups is 1. The molecule has 0 saturated heterocycles. The van der Waals surface area contributed by atoms with Crippen LogP contribution in [-0.4, -0.2) is 30.5 Å². The number of hydrogen-bond acceptors (Lipinski definition) is 3. The summed E-state index contributed by atoms with van der Waals surface area (Å²) in [7, 11) is 0. The molecule has 0 aromatic carbocycles. The molecule has 0 aromatic rings. The molecule has 1 saturated carbocycles. The Labute approximate surface area is 73.9 Å². The number of hydrogen-bond donors (Lipinski definition) is 2. The standard InChI is InChI=1S/C9H19NO2/c10-6-8(11)7-12-9-4-2-1-3-5-9/h8-9,11H,1-7,10H2/t8-/m0/s1. The lowest BCUT2D eigenvalue weighted by molar-refractivity contribution is -0.0206. The van der Waals surface area contributed by atoms with E-state index in [1.165, 1.54) is 19.3 Å². The van der Waals surface area contributed by atoms with Crippen molar-refractivity contribution < 1.29 is 9.84 Å². The monoisotopic (exact) mass is 173 g/mol. The summed E-state index contributed by atoms with van der Waals surface area (Å²) in [5, 5.41) is 9.14. The van der Waals surface area contributed by atoms with Gasteiger partial charge in [-0.15, -0.1) is 0 Å². The third kappa shape index (κ3) is 3.52. The van der Waals surface area contributed by atoms with Crippen LogP contribution in [0.25, 0.3) is 0 Å². The van der Waals surface area contributed by atoms with Crippen LogP contribution in [0.5, 0.6) is 0 Å². The molecule has 1 aliphatic rings. The maximum Gasteiger partial charge on any atom is 0.0895 e. The van der Waals surface area contributed by atoms with Crippen molar-refractivity contribution in [2.75, 3.05) is 13.2 Å². The van der Waals surface area contributed by atoms with Gasteiger partial charge in [0.05, 0.1) is 18.8 Å². The van der Waals surface area contributed by atoms with Gasteiger partial charge in [-0.3, -0.25) is 0 Å². The van der Waals surface area contributed by atoms with Gasteiger partial charge in [-0.2, -0.15) is 0 Å². The van der Waals surface area contributed by atoms with Crippen molar-refractivity contribution in [3.05, 3.63) is 0 Å². The van der Waals surface area contributed by atoms with E-state index in [1.54, 1.807) is 0 Å². The number of ether oxygens (including phenoxy) is 1. The first kappa shape index (κ1) is 9.96. The Bertz CT molecular complexity index is 113. The second-order valence-electron chi connectivity index (χ2n) is 3.48. The van der Waals surface area contributed by atoms with E-state index < -0.39 is 6.10 Å². The maximum atomic E-state index is 9.14. The third-order valence-electron chi connectivity index (χ3n) is 2.35. The molecule has 1 aliphatic carbocycles. The predicted octanol–water partition coefficient (Wildman–Crippen LogP) is 0.655. The molecule has 0 heterocycles. The van der Waals surface area contributed by atoms with Crippen LogP contribution < -0.4 is 5.73 Å². The fourth-order valence-corrected chi connectivity index (χ4v) is 1.55. The molecule has 1 fully saturated rings. The summed E-state index contributed by atoms with van der Waals surface area (Å²) in [6.45, 7) is 0.702. The highest BCUT2D eigenvalue weighted by Crippen LogP contribution is 2.20. The molecular weight excluding hydrogens is 154 g/mol. The number of aliphatic hydroxyl groups excluding tert-OH is 1. The molecule has 0 aliphatic heterocycles. The van der Waals surface area contributed by atoms with Gasteiger partial charge in [0, 0.05) is 6.54 Å². The van der Waals surface area contributed by atoms with Crippen molar-refractivity contribution in [2.24, 2.45) is 5.73 Å². The number of nitrogens with two attached hydrogens (primary N) is 1. The van der Waals surface area contributed by atoms with Crippen LogP contribution in [0.1, 0.15) is 32.1 Å². The van der Waals surface area contributed by atoms with Gasteiger partial charge in [0.25, 0.3) is 0 Å². The van der Waals surface area contributed by atoms with E-state index in [9.17, 15) is 0 Å².